The first-order chi connectivity index (χ1) is 12.9. The molecule has 27 heavy (non-hydrogen) atoms. The van der Waals surface area contributed by atoms with E-state index in [-0.39, 0.29) is 16.1 Å². The smallest absolute Gasteiger partial charge is 0.272 e. The van der Waals surface area contributed by atoms with E-state index in [2.05, 4.69) is 24.4 Å². The maximum absolute atomic E-state index is 11.2. The number of benzene rings is 2. The summed E-state index contributed by atoms with van der Waals surface area (Å²) in [6, 6.07) is 13.3. The minimum absolute atomic E-state index is 0.104. The van der Waals surface area contributed by atoms with Crippen molar-refractivity contribution < 1.29 is 9.85 Å². The lowest BCUT2D eigenvalue weighted by molar-refractivity contribution is -0.393. The van der Waals surface area contributed by atoms with Crippen molar-refractivity contribution in [3.05, 3.63) is 68.8 Å². The Morgan fingerprint density at radius 2 is 1.74 bits per heavy atom. The lowest BCUT2D eigenvalue weighted by Gasteiger charge is -2.26. The standard InChI is InChI=1S/C18H20N4O4S/c1-3-18(4-2,27-15-8-6-5-7-9-15)13-19-20-16-11-10-14(21(23)24)12-17(16)22(25)26/h5-13,20H,3-4H2,1-2H3. The van der Waals surface area contributed by atoms with Crippen LogP contribution in [0.15, 0.2) is 58.5 Å². The molecule has 142 valence electrons. The summed E-state index contributed by atoms with van der Waals surface area (Å²) in [4.78, 5) is 21.8. The van der Waals surface area contributed by atoms with Gasteiger partial charge in [-0.05, 0) is 31.0 Å². The molecule has 2 aromatic rings. The monoisotopic (exact) mass is 388 g/mol. The molecule has 9 heteroatoms. The molecule has 0 saturated carbocycles. The molecule has 2 aromatic carbocycles. The number of hydrazone groups is 1. The molecular weight excluding hydrogens is 368 g/mol. The van der Waals surface area contributed by atoms with Gasteiger partial charge < -0.3 is 0 Å². The molecule has 0 aliphatic rings. The van der Waals surface area contributed by atoms with E-state index in [0.717, 1.165) is 23.8 Å². The highest BCUT2D eigenvalue weighted by molar-refractivity contribution is 8.01. The summed E-state index contributed by atoms with van der Waals surface area (Å²) in [5, 5.41) is 26.2. The Hall–Kier alpha value is -2.94. The number of thioether (sulfide) groups is 1. The summed E-state index contributed by atoms with van der Waals surface area (Å²) in [5.74, 6) is 0. The number of rotatable bonds is 9. The average molecular weight is 388 g/mol. The number of nitro groups is 2. The maximum Gasteiger partial charge on any atom is 0.301 e. The summed E-state index contributed by atoms with van der Waals surface area (Å²) in [5.41, 5.74) is 2.03. The summed E-state index contributed by atoms with van der Waals surface area (Å²) < 4.78 is -0.274. The molecule has 0 aliphatic carbocycles. The van der Waals surface area contributed by atoms with Crippen LogP contribution in [0.4, 0.5) is 17.1 Å². The van der Waals surface area contributed by atoms with Crippen LogP contribution in [0.5, 0.6) is 0 Å². The molecule has 8 nitrogen and oxygen atoms in total. The first-order valence-corrected chi connectivity index (χ1v) is 9.19. The SMILES string of the molecule is CCC(C=NNc1ccc([N+](=O)[O-])cc1[N+](=O)[O-])(CC)Sc1ccccc1. The van der Waals surface area contributed by atoms with Crippen LogP contribution in [0.3, 0.4) is 0 Å². The van der Waals surface area contributed by atoms with Crippen LogP contribution >= 0.6 is 11.8 Å². The van der Waals surface area contributed by atoms with Crippen molar-refractivity contribution in [1.29, 1.82) is 0 Å². The average Bonchev–Trinajstić information content (AvgIpc) is 2.67. The molecular formula is C18H20N4O4S. The summed E-state index contributed by atoms with van der Waals surface area (Å²) in [6.07, 6.45) is 3.38. The van der Waals surface area contributed by atoms with Crippen molar-refractivity contribution >= 4 is 35.0 Å². The molecule has 0 spiro atoms. The fourth-order valence-corrected chi connectivity index (χ4v) is 3.58. The van der Waals surface area contributed by atoms with Crippen LogP contribution in [0, 0.1) is 20.2 Å². The van der Waals surface area contributed by atoms with E-state index in [9.17, 15) is 20.2 Å². The fraction of sp³-hybridized carbons (Fsp3) is 0.278. The van der Waals surface area contributed by atoms with Gasteiger partial charge in [-0.15, -0.1) is 11.8 Å². The largest absolute Gasteiger partial charge is 0.301 e. The highest BCUT2D eigenvalue weighted by Crippen LogP contribution is 2.37. The van der Waals surface area contributed by atoms with Crippen molar-refractivity contribution in [3.63, 3.8) is 0 Å². The topological polar surface area (TPSA) is 111 Å². The molecule has 2 rings (SSSR count). The van der Waals surface area contributed by atoms with Gasteiger partial charge in [0.25, 0.3) is 5.69 Å². The molecule has 0 amide bonds. The van der Waals surface area contributed by atoms with E-state index >= 15 is 0 Å². The predicted molar refractivity (Wildman–Crippen MR) is 107 cm³/mol. The zero-order chi connectivity index (χ0) is 19.9. The molecule has 0 unspecified atom stereocenters. The van der Waals surface area contributed by atoms with Gasteiger partial charge in [0.1, 0.15) is 5.69 Å². The fourth-order valence-electron chi connectivity index (χ4n) is 2.43. The third-order valence-electron chi connectivity index (χ3n) is 4.13. The number of anilines is 1. The zero-order valence-electron chi connectivity index (χ0n) is 15.0. The Morgan fingerprint density at radius 1 is 1.07 bits per heavy atom. The summed E-state index contributed by atoms with van der Waals surface area (Å²) in [7, 11) is 0. The molecule has 0 aliphatic heterocycles. The maximum atomic E-state index is 11.2. The highest BCUT2D eigenvalue weighted by Gasteiger charge is 2.26. The Morgan fingerprint density at radius 3 is 2.30 bits per heavy atom. The Bertz CT molecular complexity index is 839. The first kappa shape index (κ1) is 20.4. The molecule has 0 heterocycles. The Labute approximate surface area is 161 Å². The molecule has 0 radical (unpaired) electrons. The molecule has 0 bridgehead atoms. The van der Waals surface area contributed by atoms with Crippen LogP contribution in [-0.4, -0.2) is 20.8 Å². The van der Waals surface area contributed by atoms with Crippen LogP contribution in [-0.2, 0) is 0 Å². The third-order valence-corrected chi connectivity index (χ3v) is 5.73. The van der Waals surface area contributed by atoms with Crippen molar-refractivity contribution in [1.82, 2.24) is 0 Å². The summed E-state index contributed by atoms with van der Waals surface area (Å²) in [6.45, 7) is 4.11. The van der Waals surface area contributed by atoms with Gasteiger partial charge in [-0.1, -0.05) is 32.0 Å². The van der Waals surface area contributed by atoms with Gasteiger partial charge in [-0.2, -0.15) is 5.10 Å². The van der Waals surface area contributed by atoms with E-state index in [1.807, 2.05) is 30.3 Å². The van der Waals surface area contributed by atoms with E-state index in [1.54, 1.807) is 18.0 Å². The lowest BCUT2D eigenvalue weighted by atomic mass is 10.0. The van der Waals surface area contributed by atoms with E-state index in [4.69, 9.17) is 0 Å². The summed E-state index contributed by atoms with van der Waals surface area (Å²) >= 11 is 1.68. The Kier molecular flexibility index (Phi) is 6.89. The zero-order valence-corrected chi connectivity index (χ0v) is 15.8. The van der Waals surface area contributed by atoms with Crippen LogP contribution in [0.1, 0.15) is 26.7 Å². The lowest BCUT2D eigenvalue weighted by Crippen LogP contribution is -2.25. The second-order valence-corrected chi connectivity index (χ2v) is 7.26. The van der Waals surface area contributed by atoms with Gasteiger partial charge >= 0.3 is 5.69 Å². The molecule has 0 fully saturated rings. The number of nitrogens with one attached hydrogen (secondary N) is 1. The van der Waals surface area contributed by atoms with Crippen LogP contribution in [0.25, 0.3) is 0 Å². The van der Waals surface area contributed by atoms with Gasteiger partial charge in [0.15, 0.2) is 0 Å². The molecule has 1 N–H and O–H groups in total. The Balaban J connectivity index is 2.23. The van der Waals surface area contributed by atoms with Gasteiger partial charge in [-0.3, -0.25) is 25.7 Å². The quantitative estimate of drug-likeness (QED) is 0.272. The van der Waals surface area contributed by atoms with Crippen molar-refractivity contribution in [2.75, 3.05) is 5.43 Å². The second kappa shape index (κ2) is 9.13. The predicted octanol–water partition coefficient (Wildman–Crippen LogP) is 5.25. The van der Waals surface area contributed by atoms with Crippen LogP contribution < -0.4 is 5.43 Å². The van der Waals surface area contributed by atoms with Gasteiger partial charge in [0.05, 0.1) is 20.7 Å². The van der Waals surface area contributed by atoms with Crippen molar-refractivity contribution in [3.8, 4) is 0 Å². The van der Waals surface area contributed by atoms with Gasteiger partial charge in [0, 0.05) is 17.2 Å². The molecule has 0 aromatic heterocycles. The molecule has 0 atom stereocenters. The van der Waals surface area contributed by atoms with Gasteiger partial charge in [0.2, 0.25) is 0 Å². The minimum atomic E-state index is -0.671. The highest BCUT2D eigenvalue weighted by atomic mass is 32.2. The first-order valence-electron chi connectivity index (χ1n) is 8.38. The molecule has 0 saturated heterocycles. The van der Waals surface area contributed by atoms with Crippen LogP contribution in [0.2, 0.25) is 0 Å². The third kappa shape index (κ3) is 5.27. The number of hydrogen-bond donors (Lipinski definition) is 1. The van der Waals surface area contributed by atoms with E-state index in [1.165, 1.54) is 12.1 Å². The van der Waals surface area contributed by atoms with Crippen molar-refractivity contribution in [2.45, 2.75) is 36.3 Å². The second-order valence-electron chi connectivity index (χ2n) is 5.77. The van der Waals surface area contributed by atoms with E-state index in [0.29, 0.717) is 0 Å². The number of hydrogen-bond acceptors (Lipinski definition) is 7. The number of nitro benzene ring substituents is 2. The van der Waals surface area contributed by atoms with E-state index < -0.39 is 15.5 Å². The van der Waals surface area contributed by atoms with Crippen molar-refractivity contribution in [2.24, 2.45) is 5.10 Å². The van der Waals surface area contributed by atoms with Gasteiger partial charge in [-0.25, -0.2) is 0 Å². The number of non-ortho nitro benzene ring substituents is 1. The number of nitrogens with zero attached hydrogens (tertiary/aromatic N) is 3. The normalized spacial score (nSPS) is 11.5. The minimum Gasteiger partial charge on any atom is -0.272 e.